The van der Waals surface area contributed by atoms with Gasteiger partial charge in [0.2, 0.25) is 0 Å². The highest BCUT2D eigenvalue weighted by molar-refractivity contribution is 4.55. The Morgan fingerprint density at radius 2 is 1.50 bits per heavy atom. The molecule has 1 atom stereocenters. The van der Waals surface area contributed by atoms with Gasteiger partial charge in [-0.3, -0.25) is 4.39 Å². The van der Waals surface area contributed by atoms with Crippen LogP contribution in [0.2, 0.25) is 0 Å². The van der Waals surface area contributed by atoms with Crippen molar-refractivity contribution in [2.24, 2.45) is 11.8 Å². The van der Waals surface area contributed by atoms with Crippen molar-refractivity contribution in [2.75, 3.05) is 6.67 Å². The van der Waals surface area contributed by atoms with Crippen molar-refractivity contribution < 1.29 is 4.39 Å². The summed E-state index contributed by atoms with van der Waals surface area (Å²) >= 11 is 0. The first-order valence-electron chi connectivity index (χ1n) is 6.14. The molecule has 0 N–H and O–H groups in total. The van der Waals surface area contributed by atoms with E-state index in [9.17, 15) is 4.39 Å². The van der Waals surface area contributed by atoms with Crippen LogP contribution >= 0.6 is 0 Å². The summed E-state index contributed by atoms with van der Waals surface area (Å²) in [4.78, 5) is 0. The van der Waals surface area contributed by atoms with Crippen molar-refractivity contribution in [1.29, 1.82) is 0 Å². The Balaban J connectivity index is 0. The van der Waals surface area contributed by atoms with Crippen LogP contribution in [0.25, 0.3) is 0 Å². The van der Waals surface area contributed by atoms with Crippen LogP contribution in [0.15, 0.2) is 0 Å². The second-order valence-corrected chi connectivity index (χ2v) is 4.57. The first-order chi connectivity index (χ1) is 6.58. The van der Waals surface area contributed by atoms with Crippen LogP contribution in [-0.4, -0.2) is 6.67 Å². The van der Waals surface area contributed by atoms with Gasteiger partial charge >= 0.3 is 0 Å². The molecule has 0 bridgehead atoms. The van der Waals surface area contributed by atoms with Crippen LogP contribution in [-0.2, 0) is 0 Å². The van der Waals surface area contributed by atoms with Crippen LogP contribution in [0.1, 0.15) is 66.7 Å². The predicted octanol–water partition coefficient (Wildman–Crippen LogP) is 5.22. The fraction of sp³-hybridized carbons (Fsp3) is 1.00. The molecule has 0 nitrogen and oxygen atoms in total. The Kier molecular flexibility index (Phi) is 15.1. The van der Waals surface area contributed by atoms with E-state index in [0.29, 0.717) is 6.42 Å². The third kappa shape index (κ3) is 17.9. The average Bonchev–Trinajstić information content (AvgIpc) is 2.14. The van der Waals surface area contributed by atoms with Gasteiger partial charge in [-0.05, 0) is 24.7 Å². The highest BCUT2D eigenvalue weighted by atomic mass is 19.1. The van der Waals surface area contributed by atoms with Gasteiger partial charge in [0.05, 0.1) is 6.67 Å². The van der Waals surface area contributed by atoms with Gasteiger partial charge in [-0.1, -0.05) is 53.9 Å². The minimum absolute atomic E-state index is 0.181. The van der Waals surface area contributed by atoms with Gasteiger partial charge in [-0.25, -0.2) is 0 Å². The zero-order valence-electron chi connectivity index (χ0n) is 10.8. The van der Waals surface area contributed by atoms with Gasteiger partial charge in [0.15, 0.2) is 0 Å². The van der Waals surface area contributed by atoms with Gasteiger partial charge in [-0.15, -0.1) is 0 Å². The molecule has 0 aromatic heterocycles. The molecular formula is C13H29F. The van der Waals surface area contributed by atoms with E-state index in [1.807, 2.05) is 0 Å². The molecule has 0 rings (SSSR count). The molecule has 0 aliphatic heterocycles. The molecule has 1 heteroatoms. The first-order valence-corrected chi connectivity index (χ1v) is 6.14. The summed E-state index contributed by atoms with van der Waals surface area (Å²) in [5, 5.41) is 0. The largest absolute Gasteiger partial charge is 0.251 e. The van der Waals surface area contributed by atoms with E-state index in [4.69, 9.17) is 0 Å². The minimum atomic E-state index is -0.181. The zero-order chi connectivity index (χ0) is 11.4. The molecule has 14 heavy (non-hydrogen) atoms. The van der Waals surface area contributed by atoms with E-state index < -0.39 is 0 Å². The maximum Gasteiger partial charge on any atom is 0.0891 e. The van der Waals surface area contributed by atoms with Crippen LogP contribution < -0.4 is 0 Å². The molecule has 0 amide bonds. The molecule has 0 radical (unpaired) electrons. The molecule has 0 heterocycles. The van der Waals surface area contributed by atoms with Crippen molar-refractivity contribution in [2.45, 2.75) is 66.7 Å². The lowest BCUT2D eigenvalue weighted by Crippen LogP contribution is -1.99. The van der Waals surface area contributed by atoms with Crippen LogP contribution in [0.5, 0.6) is 0 Å². The molecule has 0 aliphatic carbocycles. The van der Waals surface area contributed by atoms with Gasteiger partial charge in [0, 0.05) is 0 Å². The number of halogens is 1. The summed E-state index contributed by atoms with van der Waals surface area (Å²) in [6.45, 7) is 10.9. The van der Waals surface area contributed by atoms with E-state index in [1.54, 1.807) is 6.92 Å². The molecule has 0 spiro atoms. The van der Waals surface area contributed by atoms with Crippen LogP contribution in [0, 0.1) is 11.8 Å². The number of hydrogen-bond donors (Lipinski definition) is 0. The molecule has 88 valence electrons. The summed E-state index contributed by atoms with van der Waals surface area (Å²) < 4.78 is 10.7. The normalized spacial score (nSPS) is 12.2. The topological polar surface area (TPSA) is 0 Å². The van der Waals surface area contributed by atoms with Crippen molar-refractivity contribution in [1.82, 2.24) is 0 Å². The second-order valence-electron chi connectivity index (χ2n) is 4.57. The predicted molar refractivity (Wildman–Crippen MR) is 64.4 cm³/mol. The standard InChI is InChI=1S/C10H22.C3H7F/c1-5-6-7-10(4)8-9(2)3;1-2-3-4/h9-10H,5-8H2,1-4H3;2-3H2,1H3. The smallest absolute Gasteiger partial charge is 0.0891 e. The lowest BCUT2D eigenvalue weighted by Gasteiger charge is -2.12. The Hall–Kier alpha value is -0.0700. The maximum absolute atomic E-state index is 10.7. The fourth-order valence-corrected chi connectivity index (χ4v) is 1.48. The van der Waals surface area contributed by atoms with Crippen molar-refractivity contribution in [3.8, 4) is 0 Å². The molecule has 0 aliphatic rings. The monoisotopic (exact) mass is 204 g/mol. The SMILES string of the molecule is CCCCC(C)CC(C)C.CCCF. The second kappa shape index (κ2) is 12.9. The summed E-state index contributed by atoms with van der Waals surface area (Å²) in [6, 6.07) is 0. The Bertz CT molecular complexity index is 87.2. The molecular weight excluding hydrogens is 175 g/mol. The highest BCUT2D eigenvalue weighted by Crippen LogP contribution is 2.16. The number of rotatable bonds is 6. The number of alkyl halides is 1. The molecule has 0 fully saturated rings. The van der Waals surface area contributed by atoms with Crippen LogP contribution in [0.3, 0.4) is 0 Å². The lowest BCUT2D eigenvalue weighted by molar-refractivity contribution is 0.404. The van der Waals surface area contributed by atoms with E-state index >= 15 is 0 Å². The van der Waals surface area contributed by atoms with Crippen molar-refractivity contribution in [3.63, 3.8) is 0 Å². The maximum atomic E-state index is 10.7. The van der Waals surface area contributed by atoms with Crippen LogP contribution in [0.4, 0.5) is 4.39 Å². The van der Waals surface area contributed by atoms with Gasteiger partial charge in [-0.2, -0.15) is 0 Å². The zero-order valence-corrected chi connectivity index (χ0v) is 10.8. The summed E-state index contributed by atoms with van der Waals surface area (Å²) in [5.74, 6) is 1.83. The molecule has 0 saturated heterocycles. The van der Waals surface area contributed by atoms with E-state index in [0.717, 1.165) is 11.8 Å². The van der Waals surface area contributed by atoms with E-state index in [-0.39, 0.29) is 6.67 Å². The Labute approximate surface area is 90.3 Å². The third-order valence-corrected chi connectivity index (χ3v) is 2.11. The van der Waals surface area contributed by atoms with Gasteiger partial charge in [0.25, 0.3) is 0 Å². The van der Waals surface area contributed by atoms with Gasteiger partial charge in [0.1, 0.15) is 0 Å². The van der Waals surface area contributed by atoms with Crippen molar-refractivity contribution in [3.05, 3.63) is 0 Å². The summed E-state index contributed by atoms with van der Waals surface area (Å²) in [5.41, 5.74) is 0. The number of hydrogen-bond acceptors (Lipinski definition) is 0. The summed E-state index contributed by atoms with van der Waals surface area (Å²) in [7, 11) is 0. The van der Waals surface area contributed by atoms with E-state index in [1.165, 1.54) is 25.7 Å². The third-order valence-electron chi connectivity index (χ3n) is 2.11. The molecule has 0 aromatic rings. The minimum Gasteiger partial charge on any atom is -0.251 e. The Morgan fingerprint density at radius 1 is 1.00 bits per heavy atom. The summed E-state index contributed by atoms with van der Waals surface area (Å²) in [6.07, 6.45) is 6.24. The quantitative estimate of drug-likeness (QED) is 0.556. The average molecular weight is 204 g/mol. The first kappa shape index (κ1) is 16.4. The number of unbranched alkanes of at least 4 members (excludes halogenated alkanes) is 1. The Morgan fingerprint density at radius 3 is 1.79 bits per heavy atom. The molecule has 1 unspecified atom stereocenters. The highest BCUT2D eigenvalue weighted by Gasteiger charge is 2.03. The van der Waals surface area contributed by atoms with Crippen molar-refractivity contribution >= 4 is 0 Å². The lowest BCUT2D eigenvalue weighted by atomic mass is 9.94. The molecule has 0 saturated carbocycles. The van der Waals surface area contributed by atoms with Gasteiger partial charge < -0.3 is 0 Å². The fourth-order valence-electron chi connectivity index (χ4n) is 1.48. The molecule has 0 aromatic carbocycles. The van der Waals surface area contributed by atoms with E-state index in [2.05, 4.69) is 27.7 Å².